The molecule has 1 saturated carbocycles. The van der Waals surface area contributed by atoms with Gasteiger partial charge in [-0.15, -0.1) is 0 Å². The lowest BCUT2D eigenvalue weighted by molar-refractivity contribution is 0.455. The summed E-state index contributed by atoms with van der Waals surface area (Å²) in [5.74, 6) is -0.148. The smallest absolute Gasteiger partial charge is 0.125 e. The molecule has 0 unspecified atom stereocenters. The van der Waals surface area contributed by atoms with Crippen molar-refractivity contribution in [3.63, 3.8) is 0 Å². The molecule has 2 nitrogen and oxygen atoms in total. The molecule has 1 spiro atoms. The third kappa shape index (κ3) is 2.12. The highest BCUT2D eigenvalue weighted by molar-refractivity contribution is 5.50. The van der Waals surface area contributed by atoms with E-state index in [0.717, 1.165) is 25.3 Å². The summed E-state index contributed by atoms with van der Waals surface area (Å²) in [6.45, 7) is 7.54. The van der Waals surface area contributed by atoms with Crippen LogP contribution in [0.25, 0.3) is 0 Å². The zero-order chi connectivity index (χ0) is 12.8. The fraction of sp³-hybridized carbons (Fsp3) is 0.600. The van der Waals surface area contributed by atoms with E-state index in [2.05, 4.69) is 24.1 Å². The van der Waals surface area contributed by atoms with E-state index in [9.17, 15) is 4.39 Å². The van der Waals surface area contributed by atoms with E-state index in [1.54, 1.807) is 12.1 Å². The highest BCUT2D eigenvalue weighted by Gasteiger charge is 2.48. The number of hydrogen-bond acceptors (Lipinski definition) is 2. The molecule has 2 aliphatic rings. The summed E-state index contributed by atoms with van der Waals surface area (Å²) in [5, 5.41) is 3.57. The average molecular weight is 248 g/mol. The first-order valence-electron chi connectivity index (χ1n) is 6.75. The van der Waals surface area contributed by atoms with Crippen molar-refractivity contribution in [2.75, 3.05) is 24.5 Å². The Labute approximate surface area is 108 Å². The third-order valence-electron chi connectivity index (χ3n) is 4.36. The first kappa shape index (κ1) is 12.0. The van der Waals surface area contributed by atoms with Gasteiger partial charge in [0.1, 0.15) is 5.82 Å². The molecule has 1 heterocycles. The Balaban J connectivity index is 1.95. The molecule has 18 heavy (non-hydrogen) atoms. The molecule has 98 valence electrons. The Morgan fingerprint density at radius 1 is 1.22 bits per heavy atom. The molecule has 0 bridgehead atoms. The van der Waals surface area contributed by atoms with E-state index in [1.165, 1.54) is 18.9 Å². The highest BCUT2D eigenvalue weighted by Crippen LogP contribution is 2.48. The van der Waals surface area contributed by atoms with Gasteiger partial charge in [0.05, 0.1) is 0 Å². The lowest BCUT2D eigenvalue weighted by Gasteiger charge is -2.40. The van der Waals surface area contributed by atoms with E-state index in [1.807, 2.05) is 6.07 Å². The summed E-state index contributed by atoms with van der Waals surface area (Å²) in [6.07, 6.45) is 2.59. The standard InChI is InChI=1S/C15H21FN2/c1-14(2)9-17-10-15(6-7-15)11-18(14)13-5-3-4-12(16)8-13/h3-5,8,17H,6-7,9-11H2,1-2H3. The predicted octanol–water partition coefficient (Wildman–Crippen LogP) is 2.79. The lowest BCUT2D eigenvalue weighted by Crippen LogP contribution is -2.49. The number of anilines is 1. The second kappa shape index (κ2) is 3.95. The molecule has 2 fully saturated rings. The maximum Gasteiger partial charge on any atom is 0.125 e. The summed E-state index contributed by atoms with van der Waals surface area (Å²) in [7, 11) is 0. The normalized spacial score (nSPS) is 24.9. The monoisotopic (exact) mass is 248 g/mol. The van der Waals surface area contributed by atoms with Crippen LogP contribution in [0.3, 0.4) is 0 Å². The summed E-state index contributed by atoms with van der Waals surface area (Å²) in [6, 6.07) is 6.99. The van der Waals surface area contributed by atoms with Gasteiger partial charge in [-0.3, -0.25) is 0 Å². The van der Waals surface area contributed by atoms with E-state index in [-0.39, 0.29) is 11.4 Å². The fourth-order valence-electron chi connectivity index (χ4n) is 2.93. The SMILES string of the molecule is CC1(C)CNCC2(CC2)CN1c1cccc(F)c1. The van der Waals surface area contributed by atoms with Crippen molar-refractivity contribution in [3.8, 4) is 0 Å². The van der Waals surface area contributed by atoms with Crippen molar-refractivity contribution >= 4 is 5.69 Å². The minimum atomic E-state index is -0.148. The molecule has 1 aliphatic heterocycles. The Hall–Kier alpha value is -1.09. The largest absolute Gasteiger partial charge is 0.364 e. The molecule has 1 N–H and O–H groups in total. The number of benzene rings is 1. The topological polar surface area (TPSA) is 15.3 Å². The second-order valence-electron chi connectivity index (χ2n) is 6.48. The van der Waals surface area contributed by atoms with Gasteiger partial charge in [-0.05, 0) is 44.9 Å². The van der Waals surface area contributed by atoms with Crippen molar-refractivity contribution < 1.29 is 4.39 Å². The van der Waals surface area contributed by atoms with Crippen LogP contribution >= 0.6 is 0 Å². The van der Waals surface area contributed by atoms with Gasteiger partial charge in [-0.2, -0.15) is 0 Å². The van der Waals surface area contributed by atoms with Crippen LogP contribution in [-0.4, -0.2) is 25.2 Å². The molecule has 0 amide bonds. The zero-order valence-corrected chi connectivity index (χ0v) is 11.2. The van der Waals surface area contributed by atoms with Crippen LogP contribution in [-0.2, 0) is 0 Å². The van der Waals surface area contributed by atoms with E-state index in [4.69, 9.17) is 0 Å². The molecule has 0 atom stereocenters. The van der Waals surface area contributed by atoms with Crippen molar-refractivity contribution in [1.29, 1.82) is 0 Å². The van der Waals surface area contributed by atoms with Crippen molar-refractivity contribution in [2.45, 2.75) is 32.2 Å². The maximum atomic E-state index is 13.4. The van der Waals surface area contributed by atoms with Gasteiger partial charge < -0.3 is 10.2 Å². The van der Waals surface area contributed by atoms with E-state index < -0.39 is 0 Å². The minimum absolute atomic E-state index is 0.0277. The molecule has 0 radical (unpaired) electrons. The Bertz CT molecular complexity index is 452. The number of halogens is 1. The van der Waals surface area contributed by atoms with Gasteiger partial charge in [0.25, 0.3) is 0 Å². The Morgan fingerprint density at radius 2 is 2.00 bits per heavy atom. The van der Waals surface area contributed by atoms with Gasteiger partial charge in [0.2, 0.25) is 0 Å². The van der Waals surface area contributed by atoms with Crippen LogP contribution in [0.15, 0.2) is 24.3 Å². The van der Waals surface area contributed by atoms with Crippen LogP contribution in [0.5, 0.6) is 0 Å². The molecule has 1 aromatic rings. The molecule has 1 aliphatic carbocycles. The summed E-state index contributed by atoms with van der Waals surface area (Å²) < 4.78 is 13.4. The van der Waals surface area contributed by atoms with Crippen molar-refractivity contribution in [2.24, 2.45) is 5.41 Å². The molecule has 1 aromatic carbocycles. The molecular formula is C15H21FN2. The van der Waals surface area contributed by atoms with Crippen LogP contribution < -0.4 is 10.2 Å². The minimum Gasteiger partial charge on any atom is -0.364 e. The first-order chi connectivity index (χ1) is 8.51. The summed E-state index contributed by atoms with van der Waals surface area (Å²) in [4.78, 5) is 2.38. The van der Waals surface area contributed by atoms with Gasteiger partial charge in [0.15, 0.2) is 0 Å². The average Bonchev–Trinajstić information content (AvgIpc) is 3.07. The molecule has 1 saturated heterocycles. The van der Waals surface area contributed by atoms with Gasteiger partial charge in [0, 0.05) is 36.3 Å². The van der Waals surface area contributed by atoms with Gasteiger partial charge in [-0.1, -0.05) is 6.07 Å². The number of hydrogen-bond donors (Lipinski definition) is 1. The second-order valence-corrected chi connectivity index (χ2v) is 6.48. The third-order valence-corrected chi connectivity index (χ3v) is 4.36. The molecule has 3 heteroatoms. The molecule has 0 aromatic heterocycles. The van der Waals surface area contributed by atoms with E-state index >= 15 is 0 Å². The Kier molecular flexibility index (Phi) is 2.63. The van der Waals surface area contributed by atoms with Crippen LogP contribution in [0.4, 0.5) is 10.1 Å². The number of nitrogens with zero attached hydrogens (tertiary/aromatic N) is 1. The quantitative estimate of drug-likeness (QED) is 0.822. The zero-order valence-electron chi connectivity index (χ0n) is 11.2. The van der Waals surface area contributed by atoms with Crippen LogP contribution in [0.2, 0.25) is 0 Å². The fourth-order valence-corrected chi connectivity index (χ4v) is 2.93. The first-order valence-corrected chi connectivity index (χ1v) is 6.75. The van der Waals surface area contributed by atoms with Crippen LogP contribution in [0.1, 0.15) is 26.7 Å². The molecule has 3 rings (SSSR count). The van der Waals surface area contributed by atoms with Gasteiger partial charge in [-0.25, -0.2) is 4.39 Å². The van der Waals surface area contributed by atoms with Crippen molar-refractivity contribution in [1.82, 2.24) is 5.32 Å². The number of rotatable bonds is 1. The number of nitrogens with one attached hydrogen (secondary N) is 1. The summed E-state index contributed by atoms with van der Waals surface area (Å²) in [5.41, 5.74) is 1.47. The van der Waals surface area contributed by atoms with E-state index in [0.29, 0.717) is 5.41 Å². The van der Waals surface area contributed by atoms with Gasteiger partial charge >= 0.3 is 0 Å². The van der Waals surface area contributed by atoms with Crippen molar-refractivity contribution in [3.05, 3.63) is 30.1 Å². The highest BCUT2D eigenvalue weighted by atomic mass is 19.1. The summed E-state index contributed by atoms with van der Waals surface area (Å²) >= 11 is 0. The molecular weight excluding hydrogens is 227 g/mol. The maximum absolute atomic E-state index is 13.4. The lowest BCUT2D eigenvalue weighted by atomic mass is 10.00. The van der Waals surface area contributed by atoms with Crippen LogP contribution in [0, 0.1) is 11.2 Å². The predicted molar refractivity (Wildman–Crippen MR) is 72.4 cm³/mol. The Morgan fingerprint density at radius 3 is 2.67 bits per heavy atom.